The maximum Gasteiger partial charge on any atom is 0.143 e. The van der Waals surface area contributed by atoms with Crippen LogP contribution in [0.25, 0.3) is 10.7 Å². The molecule has 0 fully saturated rings. The molecule has 2 rings (SSSR count). The molecule has 2 aromatic heterocycles. The Hall–Kier alpha value is -0.940. The monoisotopic (exact) mass is 255 g/mol. The Morgan fingerprint density at radius 1 is 1.46 bits per heavy atom. The maximum atomic E-state index is 5.63. The molecular weight excluding hydrogens is 250 g/mol. The Morgan fingerprint density at radius 3 is 2.92 bits per heavy atom. The average Bonchev–Trinajstić information content (AvgIpc) is 2.52. The summed E-state index contributed by atoms with van der Waals surface area (Å²) < 4.78 is 0.830. The van der Waals surface area contributed by atoms with E-state index in [4.69, 9.17) is 5.73 Å². The number of hydrogen-bond acceptors (Lipinski definition) is 4. The highest BCUT2D eigenvalue weighted by atomic mass is 79.9. The zero-order chi connectivity index (χ0) is 9.26. The first-order chi connectivity index (χ1) is 6.25. The molecule has 5 heteroatoms. The van der Waals surface area contributed by atoms with E-state index in [9.17, 15) is 0 Å². The fraction of sp³-hybridized carbons (Fsp3) is 0. The van der Waals surface area contributed by atoms with E-state index in [0.717, 1.165) is 15.3 Å². The number of halogens is 1. The van der Waals surface area contributed by atoms with Gasteiger partial charge in [0.2, 0.25) is 0 Å². The summed E-state index contributed by atoms with van der Waals surface area (Å²) in [6.07, 6.45) is 1.68. The smallest absolute Gasteiger partial charge is 0.143 e. The number of hydrogen-bond donors (Lipinski definition) is 1. The van der Waals surface area contributed by atoms with Crippen molar-refractivity contribution < 1.29 is 0 Å². The number of nitrogen functional groups attached to an aromatic ring is 1. The highest BCUT2D eigenvalue weighted by Gasteiger charge is 2.03. The third-order valence-corrected chi connectivity index (χ3v) is 3.05. The SMILES string of the molecule is Nc1ccnc(-c2nc(Br)cs2)c1. The molecule has 66 valence electrons. The van der Waals surface area contributed by atoms with E-state index in [1.165, 1.54) is 11.3 Å². The minimum absolute atomic E-state index is 0.705. The highest BCUT2D eigenvalue weighted by molar-refractivity contribution is 9.10. The summed E-state index contributed by atoms with van der Waals surface area (Å²) in [4.78, 5) is 8.41. The van der Waals surface area contributed by atoms with Crippen molar-refractivity contribution in [3.8, 4) is 10.7 Å². The standard InChI is InChI=1S/C8H6BrN3S/c9-7-4-13-8(12-7)6-3-5(10)1-2-11-6/h1-4H,(H2,10,11). The van der Waals surface area contributed by atoms with E-state index in [2.05, 4.69) is 25.9 Å². The molecule has 0 amide bonds. The predicted octanol–water partition coefficient (Wildman–Crippen LogP) is 2.55. The summed E-state index contributed by atoms with van der Waals surface area (Å²) in [6.45, 7) is 0. The van der Waals surface area contributed by atoms with Gasteiger partial charge in [0.1, 0.15) is 15.3 Å². The Labute approximate surface area is 87.8 Å². The lowest BCUT2D eigenvalue weighted by Gasteiger charge is -1.95. The molecule has 0 aromatic carbocycles. The fourth-order valence-electron chi connectivity index (χ4n) is 0.936. The molecule has 0 saturated heterocycles. The van der Waals surface area contributed by atoms with Crippen LogP contribution in [0.4, 0.5) is 5.69 Å². The van der Waals surface area contributed by atoms with Crippen LogP contribution in [0.2, 0.25) is 0 Å². The van der Waals surface area contributed by atoms with E-state index in [-0.39, 0.29) is 0 Å². The molecule has 2 aromatic rings. The van der Waals surface area contributed by atoms with Gasteiger partial charge in [-0.2, -0.15) is 0 Å². The highest BCUT2D eigenvalue weighted by Crippen LogP contribution is 2.25. The van der Waals surface area contributed by atoms with Gasteiger partial charge in [-0.25, -0.2) is 4.98 Å². The Morgan fingerprint density at radius 2 is 2.31 bits per heavy atom. The summed E-state index contributed by atoms with van der Waals surface area (Å²) >= 11 is 4.82. The van der Waals surface area contributed by atoms with Crippen LogP contribution < -0.4 is 5.73 Å². The van der Waals surface area contributed by atoms with E-state index in [0.29, 0.717) is 5.69 Å². The minimum Gasteiger partial charge on any atom is -0.399 e. The summed E-state index contributed by atoms with van der Waals surface area (Å²) in [6, 6.07) is 3.57. The molecule has 3 nitrogen and oxygen atoms in total. The van der Waals surface area contributed by atoms with Crippen molar-refractivity contribution in [1.82, 2.24) is 9.97 Å². The first kappa shape index (κ1) is 8.65. The number of nitrogens with zero attached hydrogens (tertiary/aromatic N) is 2. The minimum atomic E-state index is 0.705. The van der Waals surface area contributed by atoms with Gasteiger partial charge in [-0.3, -0.25) is 4.98 Å². The number of aromatic nitrogens is 2. The van der Waals surface area contributed by atoms with Crippen molar-refractivity contribution in [3.05, 3.63) is 28.3 Å². The van der Waals surface area contributed by atoms with E-state index < -0.39 is 0 Å². The van der Waals surface area contributed by atoms with Gasteiger partial charge in [0.25, 0.3) is 0 Å². The lowest BCUT2D eigenvalue weighted by Crippen LogP contribution is -1.87. The van der Waals surface area contributed by atoms with E-state index in [1.807, 2.05) is 11.4 Å². The lowest BCUT2D eigenvalue weighted by atomic mass is 10.3. The number of rotatable bonds is 1. The molecule has 0 bridgehead atoms. The normalized spacial score (nSPS) is 10.2. The van der Waals surface area contributed by atoms with Crippen LogP contribution in [0.15, 0.2) is 28.3 Å². The fourth-order valence-corrected chi connectivity index (χ4v) is 2.16. The van der Waals surface area contributed by atoms with E-state index >= 15 is 0 Å². The van der Waals surface area contributed by atoms with Gasteiger partial charge in [0.15, 0.2) is 0 Å². The van der Waals surface area contributed by atoms with Crippen LogP contribution in [0.3, 0.4) is 0 Å². The van der Waals surface area contributed by atoms with Gasteiger partial charge in [-0.05, 0) is 28.1 Å². The molecule has 2 N–H and O–H groups in total. The predicted molar refractivity (Wildman–Crippen MR) is 57.5 cm³/mol. The second-order valence-corrected chi connectivity index (χ2v) is 4.12. The number of pyridine rings is 1. The summed E-state index contributed by atoms with van der Waals surface area (Å²) in [5.41, 5.74) is 7.15. The van der Waals surface area contributed by atoms with Crippen LogP contribution in [-0.2, 0) is 0 Å². The maximum absolute atomic E-state index is 5.63. The third-order valence-electron chi connectivity index (χ3n) is 1.48. The Balaban J connectivity index is 2.46. The quantitative estimate of drug-likeness (QED) is 0.853. The molecule has 0 spiro atoms. The van der Waals surface area contributed by atoms with Crippen LogP contribution in [0.5, 0.6) is 0 Å². The molecule has 13 heavy (non-hydrogen) atoms. The van der Waals surface area contributed by atoms with Crippen LogP contribution in [0, 0.1) is 0 Å². The Bertz CT molecular complexity index is 427. The molecule has 0 unspecified atom stereocenters. The van der Waals surface area contributed by atoms with Gasteiger partial charge in [0, 0.05) is 17.3 Å². The Kier molecular flexibility index (Phi) is 2.28. The molecular formula is C8H6BrN3S. The zero-order valence-electron chi connectivity index (χ0n) is 6.57. The van der Waals surface area contributed by atoms with Crippen LogP contribution in [-0.4, -0.2) is 9.97 Å². The van der Waals surface area contributed by atoms with Gasteiger partial charge < -0.3 is 5.73 Å². The molecule has 2 heterocycles. The molecule has 0 atom stereocenters. The van der Waals surface area contributed by atoms with Crippen molar-refractivity contribution in [2.24, 2.45) is 0 Å². The zero-order valence-corrected chi connectivity index (χ0v) is 8.97. The number of thiazole rings is 1. The van der Waals surface area contributed by atoms with Crippen molar-refractivity contribution >= 4 is 33.0 Å². The largest absolute Gasteiger partial charge is 0.399 e. The topological polar surface area (TPSA) is 51.8 Å². The molecule has 0 radical (unpaired) electrons. The van der Waals surface area contributed by atoms with Crippen molar-refractivity contribution in [3.63, 3.8) is 0 Å². The van der Waals surface area contributed by atoms with Gasteiger partial charge in [0.05, 0.1) is 0 Å². The van der Waals surface area contributed by atoms with Crippen molar-refractivity contribution in [2.45, 2.75) is 0 Å². The molecule has 0 saturated carbocycles. The van der Waals surface area contributed by atoms with E-state index in [1.54, 1.807) is 12.3 Å². The van der Waals surface area contributed by atoms with Crippen molar-refractivity contribution in [2.75, 3.05) is 5.73 Å². The van der Waals surface area contributed by atoms with Crippen molar-refractivity contribution in [1.29, 1.82) is 0 Å². The second-order valence-electron chi connectivity index (χ2n) is 2.45. The number of anilines is 1. The molecule has 0 aliphatic carbocycles. The summed E-state index contributed by atoms with van der Waals surface area (Å²) in [5.74, 6) is 0. The van der Waals surface area contributed by atoms with Crippen LogP contribution >= 0.6 is 27.3 Å². The van der Waals surface area contributed by atoms with Crippen LogP contribution in [0.1, 0.15) is 0 Å². The molecule has 0 aliphatic heterocycles. The second kappa shape index (κ2) is 3.43. The average molecular weight is 256 g/mol. The molecule has 0 aliphatic rings. The number of nitrogens with two attached hydrogens (primary N) is 1. The first-order valence-electron chi connectivity index (χ1n) is 3.58. The van der Waals surface area contributed by atoms with Gasteiger partial charge in [-0.1, -0.05) is 0 Å². The first-order valence-corrected chi connectivity index (χ1v) is 5.26. The van der Waals surface area contributed by atoms with Gasteiger partial charge in [-0.15, -0.1) is 11.3 Å². The third kappa shape index (κ3) is 1.87. The summed E-state index contributed by atoms with van der Waals surface area (Å²) in [5, 5.41) is 2.79. The van der Waals surface area contributed by atoms with Gasteiger partial charge >= 0.3 is 0 Å². The summed E-state index contributed by atoms with van der Waals surface area (Å²) in [7, 11) is 0. The lowest BCUT2D eigenvalue weighted by molar-refractivity contribution is 1.28.